The van der Waals surface area contributed by atoms with Gasteiger partial charge in [-0.1, -0.05) is 13.0 Å². The molecule has 104 valence electrons. The third-order valence-corrected chi connectivity index (χ3v) is 3.20. The molecule has 0 fully saturated rings. The Morgan fingerprint density at radius 2 is 2.10 bits per heavy atom. The molecule has 0 radical (unpaired) electrons. The van der Waals surface area contributed by atoms with Gasteiger partial charge in [0.2, 0.25) is 0 Å². The molecule has 20 heavy (non-hydrogen) atoms. The Morgan fingerprint density at radius 1 is 1.30 bits per heavy atom. The van der Waals surface area contributed by atoms with E-state index in [1.54, 1.807) is 31.5 Å². The molecule has 0 unspecified atom stereocenters. The fraction of sp³-hybridized carbons (Fsp3) is 0.250. The van der Waals surface area contributed by atoms with Crippen LogP contribution in [0, 0.1) is 0 Å². The van der Waals surface area contributed by atoms with E-state index in [-0.39, 0.29) is 12.2 Å². The van der Waals surface area contributed by atoms with Gasteiger partial charge in [-0.25, -0.2) is 0 Å². The second-order valence-corrected chi connectivity index (χ2v) is 4.56. The SMILES string of the molecule is CCc1ccc(CC(=O)c2cc(OC)ccc2N)nc1. The lowest BCUT2D eigenvalue weighted by atomic mass is 10.0. The van der Waals surface area contributed by atoms with Gasteiger partial charge in [0, 0.05) is 23.1 Å². The summed E-state index contributed by atoms with van der Waals surface area (Å²) in [6.45, 7) is 2.07. The lowest BCUT2D eigenvalue weighted by Crippen LogP contribution is -2.08. The van der Waals surface area contributed by atoms with Crippen molar-refractivity contribution in [3.63, 3.8) is 0 Å². The number of Topliss-reactive ketones (excluding diaryl/α,β-unsaturated/α-hetero) is 1. The molecule has 0 aliphatic carbocycles. The number of methoxy groups -OCH3 is 1. The average molecular weight is 270 g/mol. The summed E-state index contributed by atoms with van der Waals surface area (Å²) >= 11 is 0. The summed E-state index contributed by atoms with van der Waals surface area (Å²) in [6, 6.07) is 8.95. The van der Waals surface area contributed by atoms with Crippen molar-refractivity contribution in [3.05, 3.63) is 53.3 Å². The van der Waals surface area contributed by atoms with Crippen LogP contribution in [0.4, 0.5) is 5.69 Å². The Hall–Kier alpha value is -2.36. The smallest absolute Gasteiger partial charge is 0.171 e. The zero-order valence-corrected chi connectivity index (χ0v) is 11.7. The van der Waals surface area contributed by atoms with E-state index in [0.29, 0.717) is 17.0 Å². The van der Waals surface area contributed by atoms with Crippen LogP contribution in [0.5, 0.6) is 5.75 Å². The number of hydrogen-bond acceptors (Lipinski definition) is 4. The van der Waals surface area contributed by atoms with Crippen molar-refractivity contribution in [2.24, 2.45) is 0 Å². The van der Waals surface area contributed by atoms with Crippen LogP contribution in [-0.4, -0.2) is 17.9 Å². The van der Waals surface area contributed by atoms with Crippen molar-refractivity contribution >= 4 is 11.5 Å². The molecule has 0 atom stereocenters. The molecular formula is C16H18N2O2. The first-order chi connectivity index (χ1) is 9.63. The number of pyridine rings is 1. The van der Waals surface area contributed by atoms with Gasteiger partial charge in [0.25, 0.3) is 0 Å². The van der Waals surface area contributed by atoms with E-state index < -0.39 is 0 Å². The maximum Gasteiger partial charge on any atom is 0.171 e. The predicted molar refractivity (Wildman–Crippen MR) is 79.1 cm³/mol. The summed E-state index contributed by atoms with van der Waals surface area (Å²) in [4.78, 5) is 16.6. The van der Waals surface area contributed by atoms with Crippen molar-refractivity contribution in [2.75, 3.05) is 12.8 Å². The van der Waals surface area contributed by atoms with Gasteiger partial charge >= 0.3 is 0 Å². The molecule has 2 rings (SSSR count). The van der Waals surface area contributed by atoms with Gasteiger partial charge in [-0.05, 0) is 36.2 Å². The van der Waals surface area contributed by atoms with Crippen LogP contribution in [-0.2, 0) is 12.8 Å². The highest BCUT2D eigenvalue weighted by molar-refractivity contribution is 6.02. The Kier molecular flexibility index (Phi) is 4.35. The summed E-state index contributed by atoms with van der Waals surface area (Å²) in [5.74, 6) is 0.565. The van der Waals surface area contributed by atoms with E-state index in [9.17, 15) is 4.79 Å². The van der Waals surface area contributed by atoms with Gasteiger partial charge < -0.3 is 10.5 Å². The third kappa shape index (κ3) is 3.15. The molecule has 1 heterocycles. The van der Waals surface area contributed by atoms with Crippen molar-refractivity contribution in [1.82, 2.24) is 4.98 Å². The normalized spacial score (nSPS) is 10.3. The number of carbonyl (C=O) groups is 1. The maximum absolute atomic E-state index is 12.3. The lowest BCUT2D eigenvalue weighted by molar-refractivity contribution is 0.0992. The number of nitrogens with zero attached hydrogens (tertiary/aromatic N) is 1. The number of aryl methyl sites for hydroxylation is 1. The number of aromatic nitrogens is 1. The summed E-state index contributed by atoms with van der Waals surface area (Å²) in [6.07, 6.45) is 2.98. The largest absolute Gasteiger partial charge is 0.497 e. The maximum atomic E-state index is 12.3. The zero-order valence-electron chi connectivity index (χ0n) is 11.7. The number of ketones is 1. The van der Waals surface area contributed by atoms with Crippen molar-refractivity contribution in [3.8, 4) is 5.75 Å². The van der Waals surface area contributed by atoms with Gasteiger partial charge in [0.05, 0.1) is 13.5 Å². The van der Waals surface area contributed by atoms with Crippen molar-refractivity contribution in [1.29, 1.82) is 0 Å². The molecule has 2 N–H and O–H groups in total. The number of nitrogens with two attached hydrogens (primary N) is 1. The molecule has 4 nitrogen and oxygen atoms in total. The minimum absolute atomic E-state index is 0.0573. The highest BCUT2D eigenvalue weighted by Crippen LogP contribution is 2.21. The van der Waals surface area contributed by atoms with Gasteiger partial charge in [-0.15, -0.1) is 0 Å². The monoisotopic (exact) mass is 270 g/mol. The first-order valence-electron chi connectivity index (χ1n) is 6.54. The van der Waals surface area contributed by atoms with Crippen LogP contribution >= 0.6 is 0 Å². The second-order valence-electron chi connectivity index (χ2n) is 4.56. The topological polar surface area (TPSA) is 65.2 Å². The van der Waals surface area contributed by atoms with Gasteiger partial charge in [-0.3, -0.25) is 9.78 Å². The number of ether oxygens (including phenoxy) is 1. The van der Waals surface area contributed by atoms with E-state index in [0.717, 1.165) is 17.7 Å². The standard InChI is InChI=1S/C16H18N2O2/c1-3-11-4-5-12(18-10-11)8-16(19)14-9-13(20-2)6-7-15(14)17/h4-7,9-10H,3,8,17H2,1-2H3. The lowest BCUT2D eigenvalue weighted by Gasteiger charge is -2.07. The predicted octanol–water partition coefficient (Wildman–Crippen LogP) is 2.66. The Morgan fingerprint density at radius 3 is 2.70 bits per heavy atom. The summed E-state index contributed by atoms with van der Waals surface area (Å²) in [5, 5.41) is 0. The molecule has 0 bridgehead atoms. The van der Waals surface area contributed by atoms with E-state index >= 15 is 0 Å². The molecule has 0 amide bonds. The molecule has 1 aromatic heterocycles. The highest BCUT2D eigenvalue weighted by Gasteiger charge is 2.12. The van der Waals surface area contributed by atoms with Crippen LogP contribution in [0.3, 0.4) is 0 Å². The molecule has 0 aliphatic rings. The molecule has 2 aromatic rings. The molecule has 0 aliphatic heterocycles. The van der Waals surface area contributed by atoms with Crippen molar-refractivity contribution in [2.45, 2.75) is 19.8 Å². The summed E-state index contributed by atoms with van der Waals surface area (Å²) in [5.41, 5.74) is 8.68. The fourth-order valence-electron chi connectivity index (χ4n) is 1.93. The summed E-state index contributed by atoms with van der Waals surface area (Å²) in [7, 11) is 1.56. The molecule has 0 saturated heterocycles. The quantitative estimate of drug-likeness (QED) is 0.670. The van der Waals surface area contributed by atoms with Crippen LogP contribution in [0.1, 0.15) is 28.5 Å². The number of rotatable bonds is 5. The van der Waals surface area contributed by atoms with Crippen LogP contribution in [0.15, 0.2) is 36.5 Å². The van der Waals surface area contributed by atoms with E-state index in [2.05, 4.69) is 11.9 Å². The minimum Gasteiger partial charge on any atom is -0.497 e. The van der Waals surface area contributed by atoms with E-state index in [1.165, 1.54) is 0 Å². The van der Waals surface area contributed by atoms with Gasteiger partial charge in [-0.2, -0.15) is 0 Å². The van der Waals surface area contributed by atoms with Crippen LogP contribution < -0.4 is 10.5 Å². The number of benzene rings is 1. The number of anilines is 1. The fourth-order valence-corrected chi connectivity index (χ4v) is 1.93. The Balaban J connectivity index is 2.18. The van der Waals surface area contributed by atoms with Crippen LogP contribution in [0.25, 0.3) is 0 Å². The number of nitrogen functional groups attached to an aromatic ring is 1. The second kappa shape index (κ2) is 6.19. The zero-order chi connectivity index (χ0) is 14.5. The van der Waals surface area contributed by atoms with Gasteiger partial charge in [0.1, 0.15) is 5.75 Å². The average Bonchev–Trinajstić information content (AvgIpc) is 2.48. The van der Waals surface area contributed by atoms with E-state index in [1.807, 2.05) is 12.1 Å². The number of hydrogen-bond donors (Lipinski definition) is 1. The molecule has 0 saturated carbocycles. The van der Waals surface area contributed by atoms with Gasteiger partial charge in [0.15, 0.2) is 5.78 Å². The van der Waals surface area contributed by atoms with E-state index in [4.69, 9.17) is 10.5 Å². The molecule has 0 spiro atoms. The molecular weight excluding hydrogens is 252 g/mol. The van der Waals surface area contributed by atoms with Crippen LogP contribution in [0.2, 0.25) is 0 Å². The Labute approximate surface area is 118 Å². The summed E-state index contributed by atoms with van der Waals surface area (Å²) < 4.78 is 5.12. The first-order valence-corrected chi connectivity index (χ1v) is 6.54. The minimum atomic E-state index is -0.0573. The third-order valence-electron chi connectivity index (χ3n) is 3.20. The van der Waals surface area contributed by atoms with Crippen molar-refractivity contribution < 1.29 is 9.53 Å². The molecule has 4 heteroatoms. The molecule has 1 aromatic carbocycles. The highest BCUT2D eigenvalue weighted by atomic mass is 16.5. The number of carbonyl (C=O) groups excluding carboxylic acids is 1. The Bertz CT molecular complexity index is 606. The first kappa shape index (κ1) is 14.1.